The van der Waals surface area contributed by atoms with E-state index >= 15 is 0 Å². The summed E-state index contributed by atoms with van der Waals surface area (Å²) in [4.78, 5) is 11.7. The van der Waals surface area contributed by atoms with Crippen molar-refractivity contribution in [1.82, 2.24) is 10.6 Å². The van der Waals surface area contributed by atoms with E-state index in [1.165, 1.54) is 19.3 Å². The van der Waals surface area contributed by atoms with Gasteiger partial charge in [0.2, 0.25) is 0 Å². The van der Waals surface area contributed by atoms with Gasteiger partial charge in [0.15, 0.2) is 0 Å². The molecular weight excluding hydrogens is 232 g/mol. The highest BCUT2D eigenvalue weighted by Crippen LogP contribution is 2.29. The molecule has 1 saturated heterocycles. The van der Waals surface area contributed by atoms with E-state index in [4.69, 9.17) is 4.74 Å². The Hall–Kier alpha value is -0.810. The molecule has 1 aliphatic carbocycles. The number of nitrogens with one attached hydrogen (secondary N) is 2. The molecular formula is C13H24N2O3. The largest absolute Gasteiger partial charge is 0.388 e. The zero-order valence-corrected chi connectivity index (χ0v) is 11.1. The third kappa shape index (κ3) is 3.59. The lowest BCUT2D eigenvalue weighted by Gasteiger charge is -2.34. The third-order valence-corrected chi connectivity index (χ3v) is 4.22. The molecule has 1 aliphatic heterocycles. The van der Waals surface area contributed by atoms with E-state index in [1.54, 1.807) is 0 Å². The summed E-state index contributed by atoms with van der Waals surface area (Å²) >= 11 is 0. The molecule has 2 fully saturated rings. The van der Waals surface area contributed by atoms with Crippen LogP contribution in [0.3, 0.4) is 0 Å². The summed E-state index contributed by atoms with van der Waals surface area (Å²) in [6.07, 6.45) is 4.88. The van der Waals surface area contributed by atoms with Crippen LogP contribution in [0.5, 0.6) is 0 Å². The van der Waals surface area contributed by atoms with Gasteiger partial charge in [-0.05, 0) is 25.7 Å². The fourth-order valence-corrected chi connectivity index (χ4v) is 2.49. The fraction of sp³-hybridized carbons (Fsp3) is 0.923. The topological polar surface area (TPSA) is 70.6 Å². The maximum atomic E-state index is 11.7. The summed E-state index contributed by atoms with van der Waals surface area (Å²) in [5, 5.41) is 15.9. The SMILES string of the molecule is CC(NC(=O)NCC1(O)CCOCC1)C1CCC1. The summed E-state index contributed by atoms with van der Waals surface area (Å²) in [5.74, 6) is 0.627. The van der Waals surface area contributed by atoms with Gasteiger partial charge in [0.05, 0.1) is 5.60 Å². The van der Waals surface area contributed by atoms with Gasteiger partial charge in [-0.1, -0.05) is 6.42 Å². The lowest BCUT2D eigenvalue weighted by atomic mass is 9.80. The molecule has 1 heterocycles. The van der Waals surface area contributed by atoms with Crippen LogP contribution in [-0.2, 0) is 4.74 Å². The van der Waals surface area contributed by atoms with Gasteiger partial charge in [-0.2, -0.15) is 0 Å². The Morgan fingerprint density at radius 1 is 1.44 bits per heavy atom. The summed E-state index contributed by atoms with van der Waals surface area (Å²) in [7, 11) is 0. The van der Waals surface area contributed by atoms with E-state index in [0.29, 0.717) is 38.5 Å². The molecule has 0 bridgehead atoms. The summed E-state index contributed by atoms with van der Waals surface area (Å²) in [5.41, 5.74) is -0.796. The molecule has 1 atom stereocenters. The molecule has 0 radical (unpaired) electrons. The van der Waals surface area contributed by atoms with Crippen molar-refractivity contribution in [2.75, 3.05) is 19.8 Å². The Morgan fingerprint density at radius 3 is 2.67 bits per heavy atom. The summed E-state index contributed by atoms with van der Waals surface area (Å²) in [6, 6.07) is 0.0531. The Labute approximate surface area is 108 Å². The predicted octanol–water partition coefficient (Wildman–Crippen LogP) is 1.02. The number of amides is 2. The highest BCUT2D eigenvalue weighted by molar-refractivity contribution is 5.74. The zero-order chi connectivity index (χ0) is 13.0. The minimum Gasteiger partial charge on any atom is -0.388 e. The lowest BCUT2D eigenvalue weighted by Crippen LogP contribution is -2.51. The Bertz CT molecular complexity index is 286. The van der Waals surface area contributed by atoms with Crippen LogP contribution in [0.25, 0.3) is 0 Å². The molecule has 5 nitrogen and oxygen atoms in total. The predicted molar refractivity (Wildman–Crippen MR) is 68.3 cm³/mol. The van der Waals surface area contributed by atoms with Gasteiger partial charge < -0.3 is 20.5 Å². The van der Waals surface area contributed by atoms with E-state index in [9.17, 15) is 9.90 Å². The van der Waals surface area contributed by atoms with Crippen molar-refractivity contribution in [3.8, 4) is 0 Å². The first-order chi connectivity index (χ1) is 8.59. The number of urea groups is 1. The maximum absolute atomic E-state index is 11.7. The van der Waals surface area contributed by atoms with Crippen LogP contribution in [0.1, 0.15) is 39.0 Å². The highest BCUT2D eigenvalue weighted by atomic mass is 16.5. The van der Waals surface area contributed by atoms with Gasteiger partial charge >= 0.3 is 6.03 Å². The molecule has 2 aliphatic rings. The second kappa shape index (κ2) is 5.89. The van der Waals surface area contributed by atoms with E-state index in [0.717, 1.165) is 0 Å². The summed E-state index contributed by atoms with van der Waals surface area (Å²) in [6.45, 7) is 3.49. The van der Waals surface area contributed by atoms with E-state index in [-0.39, 0.29) is 12.1 Å². The molecule has 2 rings (SSSR count). The molecule has 2 amide bonds. The second-order valence-corrected chi connectivity index (χ2v) is 5.64. The lowest BCUT2D eigenvalue weighted by molar-refractivity contribution is -0.0601. The highest BCUT2D eigenvalue weighted by Gasteiger charge is 2.30. The third-order valence-electron chi connectivity index (χ3n) is 4.22. The van der Waals surface area contributed by atoms with Crippen LogP contribution in [0.2, 0.25) is 0 Å². The molecule has 1 saturated carbocycles. The molecule has 1 unspecified atom stereocenters. The number of aliphatic hydroxyl groups is 1. The Balaban J connectivity index is 1.67. The van der Waals surface area contributed by atoms with Gasteiger partial charge in [-0.3, -0.25) is 0 Å². The van der Waals surface area contributed by atoms with Crippen LogP contribution in [0.15, 0.2) is 0 Å². The quantitative estimate of drug-likeness (QED) is 0.703. The fourth-order valence-electron chi connectivity index (χ4n) is 2.49. The number of rotatable bonds is 4. The average molecular weight is 256 g/mol. The first kappa shape index (κ1) is 13.6. The average Bonchev–Trinajstić information content (AvgIpc) is 2.25. The minimum absolute atomic E-state index is 0.172. The smallest absolute Gasteiger partial charge is 0.315 e. The minimum atomic E-state index is -0.796. The van der Waals surface area contributed by atoms with Crippen molar-refractivity contribution < 1.29 is 14.6 Å². The van der Waals surface area contributed by atoms with E-state index < -0.39 is 5.60 Å². The second-order valence-electron chi connectivity index (χ2n) is 5.64. The van der Waals surface area contributed by atoms with Crippen molar-refractivity contribution in [3.05, 3.63) is 0 Å². The molecule has 104 valence electrons. The Kier molecular flexibility index (Phi) is 4.45. The van der Waals surface area contributed by atoms with Gasteiger partial charge in [0, 0.05) is 38.6 Å². The zero-order valence-electron chi connectivity index (χ0n) is 11.1. The number of hydrogen-bond acceptors (Lipinski definition) is 3. The standard InChI is InChI=1S/C13H24N2O3/c1-10(11-3-2-4-11)15-12(16)14-9-13(17)5-7-18-8-6-13/h10-11,17H,2-9H2,1H3,(H2,14,15,16). The van der Waals surface area contributed by atoms with Crippen molar-refractivity contribution >= 4 is 6.03 Å². The summed E-state index contributed by atoms with van der Waals surface area (Å²) < 4.78 is 5.20. The number of carbonyl (C=O) groups excluding carboxylic acids is 1. The first-order valence-electron chi connectivity index (χ1n) is 6.94. The van der Waals surface area contributed by atoms with Gasteiger partial charge in [-0.25, -0.2) is 4.79 Å². The molecule has 0 spiro atoms. The van der Waals surface area contributed by atoms with Gasteiger partial charge in [0.25, 0.3) is 0 Å². The molecule has 3 N–H and O–H groups in total. The van der Waals surface area contributed by atoms with Crippen LogP contribution in [0, 0.1) is 5.92 Å². The van der Waals surface area contributed by atoms with Crippen LogP contribution in [-0.4, -0.2) is 42.5 Å². The number of hydrogen-bond donors (Lipinski definition) is 3. The molecule has 0 aromatic heterocycles. The van der Waals surface area contributed by atoms with Crippen molar-refractivity contribution in [2.24, 2.45) is 5.92 Å². The maximum Gasteiger partial charge on any atom is 0.315 e. The Morgan fingerprint density at radius 2 is 2.11 bits per heavy atom. The van der Waals surface area contributed by atoms with Gasteiger partial charge in [0.1, 0.15) is 0 Å². The van der Waals surface area contributed by atoms with Crippen molar-refractivity contribution in [3.63, 3.8) is 0 Å². The number of ether oxygens (including phenoxy) is 1. The molecule has 5 heteroatoms. The monoisotopic (exact) mass is 256 g/mol. The van der Waals surface area contributed by atoms with E-state index in [1.807, 2.05) is 6.92 Å². The van der Waals surface area contributed by atoms with Crippen LogP contribution in [0.4, 0.5) is 4.79 Å². The van der Waals surface area contributed by atoms with Gasteiger partial charge in [-0.15, -0.1) is 0 Å². The van der Waals surface area contributed by atoms with E-state index in [2.05, 4.69) is 10.6 Å². The normalized spacial score (nSPS) is 25.0. The van der Waals surface area contributed by atoms with Crippen molar-refractivity contribution in [1.29, 1.82) is 0 Å². The molecule has 18 heavy (non-hydrogen) atoms. The number of carbonyl (C=O) groups is 1. The van der Waals surface area contributed by atoms with Crippen molar-refractivity contribution in [2.45, 2.75) is 50.7 Å². The first-order valence-corrected chi connectivity index (χ1v) is 6.94. The van der Waals surface area contributed by atoms with Crippen LogP contribution >= 0.6 is 0 Å². The molecule has 0 aromatic rings. The van der Waals surface area contributed by atoms with Crippen LogP contribution < -0.4 is 10.6 Å². The molecule has 0 aromatic carbocycles.